The zero-order valence-electron chi connectivity index (χ0n) is 7.66. The first-order valence-corrected chi connectivity index (χ1v) is 4.68. The Kier molecular flexibility index (Phi) is 1.91. The third-order valence-corrected chi connectivity index (χ3v) is 2.38. The zero-order chi connectivity index (χ0) is 8.55. The van der Waals surface area contributed by atoms with Gasteiger partial charge in [-0.25, -0.2) is 4.99 Å². The van der Waals surface area contributed by atoms with Crippen molar-refractivity contribution in [2.75, 3.05) is 0 Å². The fourth-order valence-corrected chi connectivity index (χ4v) is 1.66. The Bertz CT molecular complexity index is 230. The molecule has 0 N–H and O–H groups in total. The summed E-state index contributed by atoms with van der Waals surface area (Å²) in [6.45, 7) is 4.25. The van der Waals surface area contributed by atoms with Crippen LogP contribution in [0.3, 0.4) is 0 Å². The minimum absolute atomic E-state index is 0.246. The smallest absolute Gasteiger partial charge is 0.187 e. The molecule has 2 atom stereocenters. The molecule has 2 unspecified atom stereocenters. The van der Waals surface area contributed by atoms with E-state index >= 15 is 0 Å². The molecule has 2 nitrogen and oxygen atoms in total. The molecule has 66 valence electrons. The SMILES string of the molecule is CC(C)C1=NC2CCC=CC2O1. The number of ether oxygens (including phenoxy) is 1. The van der Waals surface area contributed by atoms with Crippen LogP contribution in [0.4, 0.5) is 0 Å². The van der Waals surface area contributed by atoms with E-state index in [0.29, 0.717) is 12.0 Å². The molecule has 0 saturated carbocycles. The summed E-state index contributed by atoms with van der Waals surface area (Å²) in [5.41, 5.74) is 0. The van der Waals surface area contributed by atoms with Crippen LogP contribution in [0.5, 0.6) is 0 Å². The Morgan fingerprint density at radius 1 is 1.58 bits per heavy atom. The number of aliphatic imine (C=N–C) groups is 1. The molecule has 12 heavy (non-hydrogen) atoms. The van der Waals surface area contributed by atoms with Crippen LogP contribution in [-0.2, 0) is 4.74 Å². The molecule has 0 aromatic rings. The molecule has 0 radical (unpaired) electrons. The van der Waals surface area contributed by atoms with Crippen molar-refractivity contribution >= 4 is 5.90 Å². The van der Waals surface area contributed by atoms with E-state index in [1.807, 2.05) is 0 Å². The van der Waals surface area contributed by atoms with Gasteiger partial charge in [-0.05, 0) is 18.9 Å². The van der Waals surface area contributed by atoms with Crippen LogP contribution in [-0.4, -0.2) is 18.0 Å². The molecule has 2 aliphatic rings. The predicted octanol–water partition coefficient (Wildman–Crippen LogP) is 2.16. The van der Waals surface area contributed by atoms with Gasteiger partial charge in [-0.3, -0.25) is 0 Å². The molecular formula is C10H15NO. The molecule has 0 aromatic heterocycles. The topological polar surface area (TPSA) is 21.6 Å². The van der Waals surface area contributed by atoms with Crippen molar-refractivity contribution in [2.24, 2.45) is 10.9 Å². The van der Waals surface area contributed by atoms with Crippen LogP contribution in [0.2, 0.25) is 0 Å². The molecule has 0 saturated heterocycles. The zero-order valence-corrected chi connectivity index (χ0v) is 7.66. The van der Waals surface area contributed by atoms with Gasteiger partial charge in [-0.15, -0.1) is 0 Å². The van der Waals surface area contributed by atoms with Gasteiger partial charge in [0.15, 0.2) is 5.90 Å². The van der Waals surface area contributed by atoms with Crippen molar-refractivity contribution in [1.82, 2.24) is 0 Å². The van der Waals surface area contributed by atoms with Crippen LogP contribution in [0.15, 0.2) is 17.1 Å². The monoisotopic (exact) mass is 165 g/mol. The van der Waals surface area contributed by atoms with Crippen LogP contribution in [0, 0.1) is 5.92 Å². The molecule has 0 bridgehead atoms. The lowest BCUT2D eigenvalue weighted by molar-refractivity contribution is 0.220. The third-order valence-electron chi connectivity index (χ3n) is 2.38. The van der Waals surface area contributed by atoms with E-state index in [4.69, 9.17) is 4.74 Å². The molecule has 2 rings (SSSR count). The molecule has 0 spiro atoms. The molecule has 0 amide bonds. The summed E-state index contributed by atoms with van der Waals surface area (Å²) in [5.74, 6) is 1.38. The number of nitrogens with zero attached hydrogens (tertiary/aromatic N) is 1. The Labute approximate surface area is 73.3 Å². The van der Waals surface area contributed by atoms with Crippen molar-refractivity contribution in [3.05, 3.63) is 12.2 Å². The number of hydrogen-bond donors (Lipinski definition) is 0. The lowest BCUT2D eigenvalue weighted by Gasteiger charge is -2.17. The van der Waals surface area contributed by atoms with Gasteiger partial charge in [0, 0.05) is 5.92 Å². The van der Waals surface area contributed by atoms with Crippen molar-refractivity contribution in [3.63, 3.8) is 0 Å². The lowest BCUT2D eigenvalue weighted by Crippen LogP contribution is -2.22. The van der Waals surface area contributed by atoms with Crippen LogP contribution < -0.4 is 0 Å². The highest BCUT2D eigenvalue weighted by molar-refractivity contribution is 5.80. The Morgan fingerprint density at radius 2 is 2.42 bits per heavy atom. The van der Waals surface area contributed by atoms with Gasteiger partial charge >= 0.3 is 0 Å². The first kappa shape index (κ1) is 7.84. The van der Waals surface area contributed by atoms with Gasteiger partial charge in [0.25, 0.3) is 0 Å². The summed E-state index contributed by atoms with van der Waals surface area (Å²) in [6, 6.07) is 0.410. The molecule has 2 heteroatoms. The van der Waals surface area contributed by atoms with E-state index in [1.54, 1.807) is 0 Å². The second-order valence-electron chi connectivity index (χ2n) is 3.78. The van der Waals surface area contributed by atoms with E-state index in [9.17, 15) is 0 Å². The highest BCUT2D eigenvalue weighted by atomic mass is 16.5. The fourth-order valence-electron chi connectivity index (χ4n) is 1.66. The van der Waals surface area contributed by atoms with Gasteiger partial charge in [0.05, 0.1) is 6.04 Å². The van der Waals surface area contributed by atoms with Crippen molar-refractivity contribution < 1.29 is 4.74 Å². The predicted molar refractivity (Wildman–Crippen MR) is 49.3 cm³/mol. The summed E-state index contributed by atoms with van der Waals surface area (Å²) in [7, 11) is 0. The summed E-state index contributed by atoms with van der Waals surface area (Å²) in [5, 5.41) is 0. The van der Waals surface area contributed by atoms with Crippen molar-refractivity contribution in [1.29, 1.82) is 0 Å². The number of rotatable bonds is 1. The van der Waals surface area contributed by atoms with E-state index in [1.165, 1.54) is 0 Å². The van der Waals surface area contributed by atoms with Crippen molar-refractivity contribution in [2.45, 2.75) is 38.8 Å². The second-order valence-corrected chi connectivity index (χ2v) is 3.78. The van der Waals surface area contributed by atoms with Gasteiger partial charge in [-0.1, -0.05) is 19.9 Å². The molecule has 1 heterocycles. The standard InChI is InChI=1S/C10H15NO/c1-7(2)10-11-8-5-3-4-6-9(8)12-10/h4,6-9H,3,5H2,1-2H3. The van der Waals surface area contributed by atoms with Crippen molar-refractivity contribution in [3.8, 4) is 0 Å². The minimum atomic E-state index is 0.246. The summed E-state index contributed by atoms with van der Waals surface area (Å²) < 4.78 is 5.69. The van der Waals surface area contributed by atoms with Gasteiger partial charge in [0.1, 0.15) is 6.10 Å². The van der Waals surface area contributed by atoms with Crippen LogP contribution in [0.1, 0.15) is 26.7 Å². The summed E-state index contributed by atoms with van der Waals surface area (Å²) in [4.78, 5) is 4.55. The third kappa shape index (κ3) is 1.26. The summed E-state index contributed by atoms with van der Waals surface area (Å²) in [6.07, 6.45) is 6.89. The average molecular weight is 165 g/mol. The van der Waals surface area contributed by atoms with E-state index in [-0.39, 0.29) is 6.10 Å². The van der Waals surface area contributed by atoms with Gasteiger partial charge in [0.2, 0.25) is 0 Å². The van der Waals surface area contributed by atoms with Gasteiger partial charge in [-0.2, -0.15) is 0 Å². The quantitative estimate of drug-likeness (QED) is 0.545. The Morgan fingerprint density at radius 3 is 3.08 bits per heavy atom. The Balaban J connectivity index is 2.11. The van der Waals surface area contributed by atoms with Gasteiger partial charge < -0.3 is 4.74 Å². The van der Waals surface area contributed by atoms with E-state index in [2.05, 4.69) is 31.0 Å². The lowest BCUT2D eigenvalue weighted by atomic mass is 10.0. The minimum Gasteiger partial charge on any atom is -0.471 e. The van der Waals surface area contributed by atoms with E-state index < -0.39 is 0 Å². The molecule has 0 fully saturated rings. The average Bonchev–Trinajstić information content (AvgIpc) is 2.46. The summed E-state index contributed by atoms with van der Waals surface area (Å²) >= 11 is 0. The second kappa shape index (κ2) is 2.92. The Hall–Kier alpha value is -0.790. The molecule has 1 aliphatic carbocycles. The maximum absolute atomic E-state index is 5.69. The highest BCUT2D eigenvalue weighted by Crippen LogP contribution is 2.25. The molecule has 0 aromatic carbocycles. The first-order chi connectivity index (χ1) is 5.77. The van der Waals surface area contributed by atoms with E-state index in [0.717, 1.165) is 18.7 Å². The number of fused-ring (bicyclic) bond motifs is 1. The normalized spacial score (nSPS) is 33.1. The number of allylic oxidation sites excluding steroid dienone is 1. The maximum atomic E-state index is 5.69. The molecule has 1 aliphatic heterocycles. The fraction of sp³-hybridized carbons (Fsp3) is 0.700. The first-order valence-electron chi connectivity index (χ1n) is 4.68. The molecular weight excluding hydrogens is 150 g/mol. The largest absolute Gasteiger partial charge is 0.471 e. The maximum Gasteiger partial charge on any atom is 0.187 e. The van der Waals surface area contributed by atoms with Crippen LogP contribution >= 0.6 is 0 Å². The number of hydrogen-bond acceptors (Lipinski definition) is 2. The highest BCUT2D eigenvalue weighted by Gasteiger charge is 2.30. The van der Waals surface area contributed by atoms with Crippen LogP contribution in [0.25, 0.3) is 0 Å².